The Morgan fingerprint density at radius 3 is 2.12 bits per heavy atom. The van der Waals surface area contributed by atoms with Gasteiger partial charge in [-0.15, -0.1) is 0 Å². The van der Waals surface area contributed by atoms with Gasteiger partial charge >= 0.3 is 5.97 Å². The standard InChI is InChI=1S/C29H27BrO3/c1-4-33-29(31)28(20-24-10-14-26(30)15-11-24)21(2)25(18-22-8-6-5-7-9-22)19-23-12-16-27(32-3)17-13-23/h5-17,19-20H,2,4,18H2,1,3H3/b25-19+,28-20-. The molecule has 0 unspecified atom stereocenters. The van der Waals surface area contributed by atoms with Crippen molar-refractivity contribution in [1.82, 2.24) is 0 Å². The maximum atomic E-state index is 12.9. The number of benzene rings is 3. The van der Waals surface area contributed by atoms with E-state index in [0.717, 1.165) is 32.5 Å². The van der Waals surface area contributed by atoms with Gasteiger partial charge in [-0.3, -0.25) is 0 Å². The smallest absolute Gasteiger partial charge is 0.338 e. The van der Waals surface area contributed by atoms with E-state index in [9.17, 15) is 4.79 Å². The first-order valence-electron chi connectivity index (χ1n) is 10.7. The summed E-state index contributed by atoms with van der Waals surface area (Å²) in [6.45, 7) is 6.42. The van der Waals surface area contributed by atoms with Crippen LogP contribution in [0.1, 0.15) is 23.6 Å². The molecular weight excluding hydrogens is 476 g/mol. The van der Waals surface area contributed by atoms with Crippen molar-refractivity contribution in [3.8, 4) is 5.75 Å². The van der Waals surface area contributed by atoms with Crippen molar-refractivity contribution in [2.24, 2.45) is 0 Å². The molecule has 0 amide bonds. The van der Waals surface area contributed by atoms with Crippen LogP contribution in [0.2, 0.25) is 0 Å². The molecule has 168 valence electrons. The first kappa shape index (κ1) is 24.3. The predicted molar refractivity (Wildman–Crippen MR) is 139 cm³/mol. The number of carbonyl (C=O) groups is 1. The highest BCUT2D eigenvalue weighted by Gasteiger charge is 2.18. The van der Waals surface area contributed by atoms with Gasteiger partial charge in [-0.05, 0) is 71.5 Å². The van der Waals surface area contributed by atoms with Crippen LogP contribution in [0.15, 0.2) is 107 Å². The second-order valence-electron chi connectivity index (χ2n) is 7.41. The van der Waals surface area contributed by atoms with Crippen molar-refractivity contribution in [2.45, 2.75) is 13.3 Å². The number of esters is 1. The molecule has 0 aliphatic heterocycles. The van der Waals surface area contributed by atoms with E-state index in [1.807, 2.05) is 72.8 Å². The zero-order valence-corrected chi connectivity index (χ0v) is 20.5. The second kappa shape index (κ2) is 12.0. The van der Waals surface area contributed by atoms with Gasteiger partial charge in [0, 0.05) is 4.47 Å². The third kappa shape index (κ3) is 7.06. The maximum Gasteiger partial charge on any atom is 0.338 e. The Labute approximate surface area is 204 Å². The summed E-state index contributed by atoms with van der Waals surface area (Å²) >= 11 is 3.45. The minimum absolute atomic E-state index is 0.292. The van der Waals surface area contributed by atoms with E-state index in [-0.39, 0.29) is 5.97 Å². The summed E-state index contributed by atoms with van der Waals surface area (Å²) in [6.07, 6.45) is 4.52. The van der Waals surface area contributed by atoms with Crippen molar-refractivity contribution in [2.75, 3.05) is 13.7 Å². The summed E-state index contributed by atoms with van der Waals surface area (Å²) in [5.74, 6) is 0.400. The number of halogens is 1. The molecular formula is C29H27BrO3. The maximum absolute atomic E-state index is 12.9. The fourth-order valence-corrected chi connectivity index (χ4v) is 3.60. The average molecular weight is 503 g/mol. The van der Waals surface area contributed by atoms with Crippen molar-refractivity contribution >= 4 is 34.1 Å². The Balaban J connectivity index is 2.05. The summed E-state index contributed by atoms with van der Waals surface area (Å²) in [5.41, 5.74) is 5.03. The van der Waals surface area contributed by atoms with Crippen LogP contribution in [-0.2, 0) is 16.0 Å². The van der Waals surface area contributed by atoms with E-state index in [4.69, 9.17) is 9.47 Å². The van der Waals surface area contributed by atoms with Crippen LogP contribution < -0.4 is 4.74 Å². The van der Waals surface area contributed by atoms with Crippen LogP contribution in [0, 0.1) is 0 Å². The Morgan fingerprint density at radius 1 is 0.909 bits per heavy atom. The highest BCUT2D eigenvalue weighted by molar-refractivity contribution is 9.10. The van der Waals surface area contributed by atoms with Crippen LogP contribution in [0.4, 0.5) is 0 Å². The summed E-state index contributed by atoms with van der Waals surface area (Å²) in [5, 5.41) is 0. The zero-order valence-electron chi connectivity index (χ0n) is 18.9. The van der Waals surface area contributed by atoms with E-state index in [0.29, 0.717) is 24.2 Å². The van der Waals surface area contributed by atoms with Gasteiger partial charge < -0.3 is 9.47 Å². The van der Waals surface area contributed by atoms with Crippen molar-refractivity contribution in [3.05, 3.63) is 123 Å². The number of hydrogen-bond acceptors (Lipinski definition) is 3. The monoisotopic (exact) mass is 502 g/mol. The lowest BCUT2D eigenvalue weighted by Crippen LogP contribution is -2.11. The van der Waals surface area contributed by atoms with Crippen molar-refractivity contribution in [1.29, 1.82) is 0 Å². The van der Waals surface area contributed by atoms with Gasteiger partial charge in [0.1, 0.15) is 5.75 Å². The van der Waals surface area contributed by atoms with Gasteiger partial charge in [0.2, 0.25) is 0 Å². The molecule has 0 saturated heterocycles. The molecule has 4 heteroatoms. The molecule has 3 aromatic rings. The lowest BCUT2D eigenvalue weighted by molar-refractivity contribution is -0.138. The predicted octanol–water partition coefficient (Wildman–Crippen LogP) is 7.29. The van der Waals surface area contributed by atoms with Gasteiger partial charge in [0.05, 0.1) is 19.3 Å². The molecule has 0 aromatic heterocycles. The molecule has 0 saturated carbocycles. The van der Waals surface area contributed by atoms with Crippen LogP contribution in [0.25, 0.3) is 12.2 Å². The molecule has 3 rings (SSSR count). The number of rotatable bonds is 9. The molecule has 0 bridgehead atoms. The SMILES string of the molecule is C=C(/C(=C/c1ccc(Br)cc1)C(=O)OCC)/C(=C/c1ccc(OC)cc1)Cc1ccccc1. The molecule has 0 aliphatic rings. The largest absolute Gasteiger partial charge is 0.497 e. The summed E-state index contributed by atoms with van der Waals surface area (Å²) in [4.78, 5) is 12.9. The fraction of sp³-hybridized carbons (Fsp3) is 0.138. The minimum atomic E-state index is -0.390. The summed E-state index contributed by atoms with van der Waals surface area (Å²) < 4.78 is 11.6. The third-order valence-electron chi connectivity index (χ3n) is 5.08. The molecule has 0 spiro atoms. The summed E-state index contributed by atoms with van der Waals surface area (Å²) in [6, 6.07) is 25.7. The highest BCUT2D eigenvalue weighted by atomic mass is 79.9. The van der Waals surface area contributed by atoms with Crippen LogP contribution in [-0.4, -0.2) is 19.7 Å². The molecule has 0 aliphatic carbocycles. The van der Waals surface area contributed by atoms with Gasteiger partial charge in [0.15, 0.2) is 0 Å². The molecule has 3 nitrogen and oxygen atoms in total. The average Bonchev–Trinajstić information content (AvgIpc) is 2.84. The Bertz CT molecular complexity index is 1140. The Morgan fingerprint density at radius 2 is 1.52 bits per heavy atom. The minimum Gasteiger partial charge on any atom is -0.497 e. The first-order valence-corrected chi connectivity index (χ1v) is 11.5. The van der Waals surface area contributed by atoms with Crippen molar-refractivity contribution < 1.29 is 14.3 Å². The molecule has 0 heterocycles. The second-order valence-corrected chi connectivity index (χ2v) is 8.33. The van der Waals surface area contributed by atoms with E-state index in [1.54, 1.807) is 14.0 Å². The highest BCUT2D eigenvalue weighted by Crippen LogP contribution is 2.28. The van der Waals surface area contributed by atoms with Crippen molar-refractivity contribution in [3.63, 3.8) is 0 Å². The van der Waals surface area contributed by atoms with Gasteiger partial charge in [-0.2, -0.15) is 0 Å². The zero-order chi connectivity index (χ0) is 23.6. The first-order chi connectivity index (χ1) is 16.0. The van der Waals surface area contributed by atoms with Gasteiger partial charge in [-0.1, -0.05) is 83.2 Å². The molecule has 0 atom stereocenters. The normalized spacial score (nSPS) is 11.7. The molecule has 0 radical (unpaired) electrons. The van der Waals surface area contributed by atoms with Crippen LogP contribution in [0.5, 0.6) is 5.75 Å². The van der Waals surface area contributed by atoms with E-state index in [2.05, 4.69) is 40.7 Å². The lowest BCUT2D eigenvalue weighted by atomic mass is 9.91. The molecule has 33 heavy (non-hydrogen) atoms. The topological polar surface area (TPSA) is 35.5 Å². The van der Waals surface area contributed by atoms with E-state index in [1.165, 1.54) is 0 Å². The number of ether oxygens (including phenoxy) is 2. The van der Waals surface area contributed by atoms with Crippen LogP contribution >= 0.6 is 15.9 Å². The van der Waals surface area contributed by atoms with E-state index < -0.39 is 0 Å². The lowest BCUT2D eigenvalue weighted by Gasteiger charge is -2.15. The van der Waals surface area contributed by atoms with Crippen LogP contribution in [0.3, 0.4) is 0 Å². The number of allylic oxidation sites excluding steroid dienone is 1. The molecule has 0 fully saturated rings. The van der Waals surface area contributed by atoms with Gasteiger partial charge in [0.25, 0.3) is 0 Å². The quantitative estimate of drug-likeness (QED) is 0.175. The van der Waals surface area contributed by atoms with E-state index >= 15 is 0 Å². The molecule has 0 N–H and O–H groups in total. The number of carbonyl (C=O) groups excluding carboxylic acids is 1. The molecule has 3 aromatic carbocycles. The summed E-state index contributed by atoms with van der Waals surface area (Å²) in [7, 11) is 1.64. The Kier molecular flexibility index (Phi) is 8.85. The fourth-order valence-electron chi connectivity index (χ4n) is 3.34. The Hall–Kier alpha value is -3.37. The number of methoxy groups -OCH3 is 1. The third-order valence-corrected chi connectivity index (χ3v) is 5.61. The van der Waals surface area contributed by atoms with Gasteiger partial charge in [-0.25, -0.2) is 4.79 Å². The number of hydrogen-bond donors (Lipinski definition) is 0.